The first-order valence-corrected chi connectivity index (χ1v) is 23.2. The van der Waals surface area contributed by atoms with E-state index in [1.165, 1.54) is 44.6 Å². The minimum Gasteiger partial charge on any atom is -0.497 e. The Morgan fingerprint density at radius 2 is 1.41 bits per heavy atom. The number of amides is 4. The fourth-order valence-corrected chi connectivity index (χ4v) is 7.44. The maximum Gasteiger partial charge on any atom is 0.366 e. The van der Waals surface area contributed by atoms with Crippen LogP contribution in [-0.2, 0) is 46.7 Å². The van der Waals surface area contributed by atoms with E-state index in [0.29, 0.717) is 36.1 Å². The van der Waals surface area contributed by atoms with Crippen LogP contribution in [0.5, 0.6) is 17.2 Å². The zero-order valence-electron chi connectivity index (χ0n) is 40.4. The topological polar surface area (TPSA) is 227 Å². The number of esters is 2. The molecule has 4 aromatic carbocycles. The molecular formula is C53H60N4O14. The molecule has 3 atom stereocenters. The van der Waals surface area contributed by atoms with E-state index in [9.17, 15) is 33.6 Å². The predicted octanol–water partition coefficient (Wildman–Crippen LogP) is 7.35. The number of unbranched alkanes of at least 4 members (excludes halogenated alkanes) is 2. The Morgan fingerprint density at radius 3 is 2.04 bits per heavy atom. The first kappa shape index (κ1) is 53.8. The van der Waals surface area contributed by atoms with Crippen molar-refractivity contribution >= 4 is 42.0 Å². The minimum atomic E-state index is -1.41. The fraction of sp³-hybridized carbons (Fsp3) is 0.340. The van der Waals surface area contributed by atoms with Crippen LogP contribution in [0.4, 0.5) is 0 Å². The summed E-state index contributed by atoms with van der Waals surface area (Å²) in [6.07, 6.45) is 2.78. The lowest BCUT2D eigenvalue weighted by Gasteiger charge is -2.32. The largest absolute Gasteiger partial charge is 0.497 e. The summed E-state index contributed by atoms with van der Waals surface area (Å²) >= 11 is 0. The van der Waals surface area contributed by atoms with Crippen LogP contribution in [0.3, 0.4) is 0 Å². The number of carbonyl (C=O) groups excluding carboxylic acids is 7. The molecule has 4 amide bonds. The number of nitrogens with one attached hydrogen (secondary N) is 3. The predicted molar refractivity (Wildman–Crippen MR) is 259 cm³/mol. The smallest absolute Gasteiger partial charge is 0.366 e. The van der Waals surface area contributed by atoms with Crippen molar-refractivity contribution in [2.24, 2.45) is 5.92 Å². The Kier molecular flexibility index (Phi) is 21.0. The maximum absolute atomic E-state index is 13.8. The number of ether oxygens (including phenoxy) is 5. The highest BCUT2D eigenvalue weighted by Crippen LogP contribution is 2.30. The van der Waals surface area contributed by atoms with Crippen molar-refractivity contribution < 1.29 is 66.5 Å². The summed E-state index contributed by atoms with van der Waals surface area (Å²) in [5.74, 6) is -4.26. The average Bonchev–Trinajstić information content (AvgIpc) is 3.90. The number of hydrogen-bond acceptors (Lipinski definition) is 14. The average molecular weight is 977 g/mol. The van der Waals surface area contributed by atoms with Crippen molar-refractivity contribution in [3.8, 4) is 28.6 Å². The molecule has 5 aromatic rings. The van der Waals surface area contributed by atoms with Gasteiger partial charge in [-0.15, -0.1) is 0 Å². The molecule has 2 unspecified atom stereocenters. The summed E-state index contributed by atoms with van der Waals surface area (Å²) in [6.45, 7) is 5.23. The molecule has 0 spiro atoms. The minimum absolute atomic E-state index is 0.0324. The van der Waals surface area contributed by atoms with Crippen molar-refractivity contribution in [1.82, 2.24) is 21.0 Å². The van der Waals surface area contributed by atoms with Gasteiger partial charge >= 0.3 is 17.9 Å². The first-order valence-electron chi connectivity index (χ1n) is 23.2. The van der Waals surface area contributed by atoms with Gasteiger partial charge in [0.15, 0.2) is 5.76 Å². The molecule has 0 radical (unpaired) electrons. The van der Waals surface area contributed by atoms with Crippen molar-refractivity contribution in [2.45, 2.75) is 84.6 Å². The molecule has 5 rings (SSSR count). The van der Waals surface area contributed by atoms with Crippen LogP contribution in [0.1, 0.15) is 102 Å². The van der Waals surface area contributed by atoms with Crippen molar-refractivity contribution in [2.75, 3.05) is 27.5 Å². The Morgan fingerprint density at radius 1 is 0.718 bits per heavy atom. The van der Waals surface area contributed by atoms with Crippen molar-refractivity contribution in [1.29, 1.82) is 0 Å². The van der Waals surface area contributed by atoms with E-state index in [1.807, 2.05) is 19.1 Å². The summed E-state index contributed by atoms with van der Waals surface area (Å²) in [6, 6.07) is 27.7. The van der Waals surface area contributed by atoms with E-state index in [2.05, 4.69) is 16.0 Å². The van der Waals surface area contributed by atoms with Crippen molar-refractivity contribution in [3.05, 3.63) is 137 Å². The molecule has 0 aliphatic rings. The third kappa shape index (κ3) is 15.7. The summed E-state index contributed by atoms with van der Waals surface area (Å²) < 4.78 is 33.2. The van der Waals surface area contributed by atoms with Crippen LogP contribution in [0, 0.1) is 5.92 Å². The SMILES string of the molecule is CCCCCC(C(=O)NCNC(=O)c1ccc(-c2ccc(C(=O)NC(CC(=O)OCc3ccccc3)C(=O)OCc3ccccc3)c(OCC)c2)o1)[C@@H](CC)N(C=O)OC(=O)c1ccc(OC)cc1OC. The van der Waals surface area contributed by atoms with Gasteiger partial charge in [0, 0.05) is 11.6 Å². The number of nitrogens with zero attached hydrogens (tertiary/aromatic N) is 1. The van der Waals surface area contributed by atoms with Gasteiger partial charge in [-0.25, -0.2) is 9.59 Å². The normalized spacial score (nSPS) is 12.0. The molecule has 0 saturated heterocycles. The quantitative estimate of drug-likeness (QED) is 0.0147. The lowest BCUT2D eigenvalue weighted by Crippen LogP contribution is -2.49. The summed E-state index contributed by atoms with van der Waals surface area (Å²) in [5, 5.41) is 8.79. The first-order chi connectivity index (χ1) is 34.4. The molecule has 18 nitrogen and oxygen atoms in total. The van der Waals surface area contributed by atoms with Crippen LogP contribution < -0.4 is 30.2 Å². The van der Waals surface area contributed by atoms with E-state index >= 15 is 0 Å². The third-order valence-corrected chi connectivity index (χ3v) is 11.2. The Balaban J connectivity index is 1.23. The van der Waals surface area contributed by atoms with Gasteiger partial charge in [0.25, 0.3) is 11.8 Å². The van der Waals surface area contributed by atoms with E-state index in [-0.39, 0.29) is 67.1 Å². The van der Waals surface area contributed by atoms with Gasteiger partial charge in [0.05, 0.1) is 51.4 Å². The number of rotatable bonds is 28. The maximum atomic E-state index is 13.8. The third-order valence-electron chi connectivity index (χ3n) is 11.2. The zero-order chi connectivity index (χ0) is 51.1. The van der Waals surface area contributed by atoms with Crippen molar-refractivity contribution in [3.63, 3.8) is 0 Å². The standard InChI is InChI=1S/C53H60N4O14/c1-6-9-12-21-39(43(7-2)57(34-58)71-52(63)41-25-23-38(65-4)29-46(41)66-5)49(60)54-33-55-51(62)45-27-26-44(70-45)37-22-24-40(47(28-37)67-8-3)50(61)56-42(53(64)69-32-36-19-15-11-16-20-36)30-48(59)68-31-35-17-13-10-14-18-35/h10-11,13-20,22-29,34,39,42-43H,6-9,12,21,30-33H2,1-5H3,(H,54,60)(H,55,62)(H,56,61)/t39?,42?,43-/m1/s1. The second-order valence-electron chi connectivity index (χ2n) is 16.0. The zero-order valence-corrected chi connectivity index (χ0v) is 40.4. The van der Waals surface area contributed by atoms with Gasteiger partial charge in [-0.3, -0.25) is 24.0 Å². The molecular weight excluding hydrogens is 917 g/mol. The fourth-order valence-electron chi connectivity index (χ4n) is 7.44. The van der Waals surface area contributed by atoms with Crippen LogP contribution in [0.15, 0.2) is 114 Å². The molecule has 0 bridgehead atoms. The van der Waals surface area contributed by atoms with E-state index < -0.39 is 60.1 Å². The van der Waals surface area contributed by atoms with Gasteiger partial charge in [0.2, 0.25) is 12.3 Å². The Labute approximate surface area is 412 Å². The van der Waals surface area contributed by atoms with Gasteiger partial charge in [-0.05, 0) is 67.3 Å². The lowest BCUT2D eigenvalue weighted by atomic mass is 9.90. The summed E-state index contributed by atoms with van der Waals surface area (Å²) in [4.78, 5) is 98.4. The molecule has 376 valence electrons. The summed E-state index contributed by atoms with van der Waals surface area (Å²) in [5.41, 5.74) is 1.97. The molecule has 0 fully saturated rings. The van der Waals surface area contributed by atoms with Gasteiger partial charge in [0.1, 0.15) is 47.8 Å². The molecule has 0 aliphatic carbocycles. The number of hydroxylamine groups is 2. The summed E-state index contributed by atoms with van der Waals surface area (Å²) in [7, 11) is 2.84. The van der Waals surface area contributed by atoms with Crippen LogP contribution in [-0.4, -0.2) is 86.7 Å². The van der Waals surface area contributed by atoms with Gasteiger partial charge in [-0.1, -0.05) is 99.8 Å². The molecule has 3 N–H and O–H groups in total. The van der Waals surface area contributed by atoms with Gasteiger partial charge < -0.3 is 48.9 Å². The lowest BCUT2D eigenvalue weighted by molar-refractivity contribution is -0.171. The number of benzene rings is 4. The monoisotopic (exact) mass is 976 g/mol. The number of furan rings is 1. The number of carbonyl (C=O) groups is 7. The Bertz CT molecular complexity index is 2570. The van der Waals surface area contributed by atoms with Gasteiger partial charge in [-0.2, -0.15) is 5.06 Å². The van der Waals surface area contributed by atoms with E-state index in [1.54, 1.807) is 80.6 Å². The molecule has 0 saturated carbocycles. The molecule has 18 heteroatoms. The molecule has 71 heavy (non-hydrogen) atoms. The highest BCUT2D eigenvalue weighted by molar-refractivity contribution is 6.00. The van der Waals surface area contributed by atoms with E-state index in [4.69, 9.17) is 32.9 Å². The molecule has 1 heterocycles. The van der Waals surface area contributed by atoms with Crippen LogP contribution in [0.25, 0.3) is 11.3 Å². The Hall–Kier alpha value is -8.15. The highest BCUT2D eigenvalue weighted by Gasteiger charge is 2.34. The number of methoxy groups -OCH3 is 2. The van der Waals surface area contributed by atoms with E-state index in [0.717, 1.165) is 23.5 Å². The second-order valence-corrected chi connectivity index (χ2v) is 16.0. The highest BCUT2D eigenvalue weighted by atomic mass is 16.7. The second kappa shape index (κ2) is 27.7. The van der Waals surface area contributed by atoms with Crippen LogP contribution in [0.2, 0.25) is 0 Å². The molecule has 1 aromatic heterocycles. The number of hydrogen-bond donors (Lipinski definition) is 3. The van der Waals surface area contributed by atoms with Crippen LogP contribution >= 0.6 is 0 Å². The molecule has 0 aliphatic heterocycles.